The molecule has 1 aromatic carbocycles. The molecule has 0 radical (unpaired) electrons. The molecule has 0 saturated heterocycles. The predicted molar refractivity (Wildman–Crippen MR) is 98.6 cm³/mol. The molecule has 2 aromatic rings. The van der Waals surface area contributed by atoms with Crippen LogP contribution in [-0.2, 0) is 14.3 Å². The molecule has 5 nitrogen and oxygen atoms in total. The van der Waals surface area contributed by atoms with E-state index in [4.69, 9.17) is 9.72 Å². The molecular weight excluding hydrogens is 336 g/mol. The van der Waals surface area contributed by atoms with E-state index in [1.165, 1.54) is 0 Å². The van der Waals surface area contributed by atoms with Crippen molar-refractivity contribution in [2.75, 3.05) is 6.61 Å². The average molecular weight is 360 g/mol. The van der Waals surface area contributed by atoms with Crippen molar-refractivity contribution < 1.29 is 14.3 Å². The van der Waals surface area contributed by atoms with E-state index in [-0.39, 0.29) is 36.4 Å². The zero-order chi connectivity index (χ0) is 17.8. The smallest absolute Gasteiger partial charge is 0.310 e. The Morgan fingerprint density at radius 2 is 2.04 bits per heavy atom. The van der Waals surface area contributed by atoms with Gasteiger partial charge in [0.2, 0.25) is 0 Å². The van der Waals surface area contributed by atoms with Crippen LogP contribution in [0.4, 0.5) is 0 Å². The Labute approximate surface area is 151 Å². The van der Waals surface area contributed by atoms with Gasteiger partial charge >= 0.3 is 5.97 Å². The number of nitrogens with one attached hydrogen (secondary N) is 1. The van der Waals surface area contributed by atoms with Gasteiger partial charge < -0.3 is 10.1 Å². The molecule has 6 heteroatoms. The van der Waals surface area contributed by atoms with Crippen LogP contribution < -0.4 is 5.32 Å². The fourth-order valence-electron chi connectivity index (χ4n) is 3.36. The Hall–Kier alpha value is -1.95. The third kappa shape index (κ3) is 4.37. The van der Waals surface area contributed by atoms with Gasteiger partial charge in [0.25, 0.3) is 5.91 Å². The zero-order valence-corrected chi connectivity index (χ0v) is 15.5. The highest BCUT2D eigenvalue weighted by Crippen LogP contribution is 2.41. The number of para-hydroxylation sites is 1. The van der Waals surface area contributed by atoms with Gasteiger partial charge in [0.1, 0.15) is 0 Å². The molecular formula is C19H24N2O3S. The summed E-state index contributed by atoms with van der Waals surface area (Å²) in [5, 5.41) is 3.74. The number of carbonyl (C=O) groups excluding carboxylic acids is 2. The van der Waals surface area contributed by atoms with Gasteiger partial charge in [-0.05, 0) is 38.8 Å². The van der Waals surface area contributed by atoms with Crippen molar-refractivity contribution in [2.24, 2.45) is 5.92 Å². The van der Waals surface area contributed by atoms with Crippen molar-refractivity contribution in [3.63, 3.8) is 0 Å². The van der Waals surface area contributed by atoms with E-state index in [2.05, 4.69) is 11.4 Å². The molecule has 1 fully saturated rings. The minimum absolute atomic E-state index is 0.0383. The van der Waals surface area contributed by atoms with E-state index >= 15 is 0 Å². The maximum Gasteiger partial charge on any atom is 0.310 e. The number of nitrogens with zero attached hydrogens (tertiary/aromatic N) is 1. The third-order valence-corrected chi connectivity index (χ3v) is 5.66. The molecule has 0 bridgehead atoms. The van der Waals surface area contributed by atoms with Crippen LogP contribution in [0.2, 0.25) is 0 Å². The van der Waals surface area contributed by atoms with Crippen LogP contribution in [0.3, 0.4) is 0 Å². The Morgan fingerprint density at radius 3 is 2.80 bits per heavy atom. The molecule has 0 unspecified atom stereocenters. The molecule has 1 heterocycles. The summed E-state index contributed by atoms with van der Waals surface area (Å²) in [6, 6.07) is 8.08. The zero-order valence-electron chi connectivity index (χ0n) is 14.7. The van der Waals surface area contributed by atoms with Crippen LogP contribution in [0.25, 0.3) is 10.2 Å². The summed E-state index contributed by atoms with van der Waals surface area (Å²) >= 11 is 1.66. The van der Waals surface area contributed by atoms with Gasteiger partial charge in [-0.15, -0.1) is 11.3 Å². The summed E-state index contributed by atoms with van der Waals surface area (Å²) in [5.41, 5.74) is 0.983. The highest BCUT2D eigenvalue weighted by atomic mass is 32.1. The molecule has 25 heavy (non-hydrogen) atoms. The molecule has 0 aliphatic heterocycles. The van der Waals surface area contributed by atoms with Crippen LogP contribution in [-0.4, -0.2) is 29.5 Å². The Kier molecular flexibility index (Phi) is 5.68. The molecule has 1 saturated carbocycles. The predicted octanol–water partition coefficient (Wildman–Crippen LogP) is 3.64. The van der Waals surface area contributed by atoms with Gasteiger partial charge in [0.15, 0.2) is 6.61 Å². The van der Waals surface area contributed by atoms with Gasteiger partial charge in [-0.3, -0.25) is 9.59 Å². The summed E-state index contributed by atoms with van der Waals surface area (Å²) in [6.45, 7) is 3.55. The molecule has 1 aromatic heterocycles. The van der Waals surface area contributed by atoms with Crippen LogP contribution >= 0.6 is 11.3 Å². The molecule has 0 spiro atoms. The van der Waals surface area contributed by atoms with Gasteiger partial charge in [-0.2, -0.15) is 0 Å². The van der Waals surface area contributed by atoms with Gasteiger partial charge in [-0.1, -0.05) is 25.0 Å². The van der Waals surface area contributed by atoms with Crippen molar-refractivity contribution >= 4 is 33.4 Å². The molecule has 2 atom stereocenters. The monoisotopic (exact) mass is 360 g/mol. The number of benzene rings is 1. The fourth-order valence-corrected chi connectivity index (χ4v) is 4.53. The maximum absolute atomic E-state index is 12.6. The number of thiazole rings is 1. The van der Waals surface area contributed by atoms with Crippen LogP contribution in [0.15, 0.2) is 24.3 Å². The second kappa shape index (κ2) is 7.95. The number of aromatic nitrogens is 1. The second-order valence-electron chi connectivity index (χ2n) is 6.85. The Morgan fingerprint density at radius 1 is 1.28 bits per heavy atom. The molecule has 1 amide bonds. The lowest BCUT2D eigenvalue weighted by Crippen LogP contribution is -2.36. The lowest BCUT2D eigenvalue weighted by molar-refractivity contribution is -0.154. The number of fused-ring (bicyclic) bond motifs is 1. The van der Waals surface area contributed by atoms with Crippen LogP contribution in [0, 0.1) is 5.92 Å². The highest BCUT2D eigenvalue weighted by molar-refractivity contribution is 7.18. The number of esters is 1. The van der Waals surface area contributed by atoms with E-state index < -0.39 is 0 Å². The van der Waals surface area contributed by atoms with E-state index in [0.29, 0.717) is 0 Å². The van der Waals surface area contributed by atoms with Crippen molar-refractivity contribution in [1.29, 1.82) is 0 Å². The number of hydrogen-bond donors (Lipinski definition) is 1. The topological polar surface area (TPSA) is 68.3 Å². The number of ether oxygens (including phenoxy) is 1. The molecule has 134 valence electrons. The first-order chi connectivity index (χ1) is 12.0. The normalized spacial score (nSPS) is 20.6. The van der Waals surface area contributed by atoms with Crippen molar-refractivity contribution in [3.05, 3.63) is 29.3 Å². The van der Waals surface area contributed by atoms with E-state index in [0.717, 1.165) is 40.9 Å². The SMILES string of the molecule is CC(C)NC(=O)COC(=O)[C@@H]1CCCC[C@H]1c1nc2ccccc2s1. The first-order valence-electron chi connectivity index (χ1n) is 8.86. The number of hydrogen-bond acceptors (Lipinski definition) is 5. The maximum atomic E-state index is 12.6. The minimum Gasteiger partial charge on any atom is -0.455 e. The summed E-state index contributed by atoms with van der Waals surface area (Å²) in [5.74, 6) is -0.647. The van der Waals surface area contributed by atoms with Crippen LogP contribution in [0.1, 0.15) is 50.5 Å². The van der Waals surface area contributed by atoms with E-state index in [1.54, 1.807) is 11.3 Å². The van der Waals surface area contributed by atoms with Gasteiger partial charge in [-0.25, -0.2) is 4.98 Å². The van der Waals surface area contributed by atoms with Gasteiger partial charge in [0, 0.05) is 12.0 Å². The average Bonchev–Trinajstić information content (AvgIpc) is 3.03. The largest absolute Gasteiger partial charge is 0.455 e. The standard InChI is InChI=1S/C19H24N2O3S/c1-12(2)20-17(22)11-24-19(23)14-8-4-3-7-13(14)18-21-15-9-5-6-10-16(15)25-18/h5-6,9-10,12-14H,3-4,7-8,11H2,1-2H3,(H,20,22)/t13-,14-/m1/s1. The van der Waals surface area contributed by atoms with Crippen molar-refractivity contribution in [1.82, 2.24) is 10.3 Å². The minimum atomic E-state index is -0.275. The molecule has 1 aliphatic rings. The lowest BCUT2D eigenvalue weighted by atomic mass is 9.79. The number of amides is 1. The number of carbonyl (C=O) groups is 2. The third-order valence-electron chi connectivity index (χ3n) is 4.49. The highest BCUT2D eigenvalue weighted by Gasteiger charge is 2.35. The fraction of sp³-hybridized carbons (Fsp3) is 0.526. The molecule has 1 aliphatic carbocycles. The van der Waals surface area contributed by atoms with Crippen molar-refractivity contribution in [2.45, 2.75) is 51.5 Å². The van der Waals surface area contributed by atoms with Crippen molar-refractivity contribution in [3.8, 4) is 0 Å². The van der Waals surface area contributed by atoms with E-state index in [1.807, 2.05) is 32.0 Å². The van der Waals surface area contributed by atoms with Gasteiger partial charge in [0.05, 0.1) is 21.1 Å². The summed E-state index contributed by atoms with van der Waals surface area (Å²) < 4.78 is 6.44. The molecule has 1 N–H and O–H groups in total. The molecule has 3 rings (SSSR count). The second-order valence-corrected chi connectivity index (χ2v) is 7.91. The summed E-state index contributed by atoms with van der Waals surface area (Å²) in [4.78, 5) is 29.0. The first-order valence-corrected chi connectivity index (χ1v) is 9.67. The van der Waals surface area contributed by atoms with E-state index in [9.17, 15) is 9.59 Å². The summed E-state index contributed by atoms with van der Waals surface area (Å²) in [7, 11) is 0. The first kappa shape index (κ1) is 17.9. The van der Waals surface area contributed by atoms with Crippen LogP contribution in [0.5, 0.6) is 0 Å². The lowest BCUT2D eigenvalue weighted by Gasteiger charge is -2.28. The number of rotatable bonds is 5. The Bertz CT molecular complexity index is 723. The Balaban J connectivity index is 1.70. The summed E-state index contributed by atoms with van der Waals surface area (Å²) in [6.07, 6.45) is 3.85. The quantitative estimate of drug-likeness (QED) is 0.827.